The smallest absolute Gasteiger partial charge is 0.0412 e. The fraction of sp³-hybridized carbons (Fsp3) is 0.750. The van der Waals surface area contributed by atoms with E-state index in [0.717, 1.165) is 12.5 Å². The van der Waals surface area contributed by atoms with Gasteiger partial charge in [0.1, 0.15) is 0 Å². The fourth-order valence-electron chi connectivity index (χ4n) is 3.06. The number of hydrogen-bond acceptors (Lipinski definition) is 3. The lowest BCUT2D eigenvalue weighted by Gasteiger charge is -2.32. The molecule has 0 saturated carbocycles. The van der Waals surface area contributed by atoms with Gasteiger partial charge in [0.15, 0.2) is 0 Å². The van der Waals surface area contributed by atoms with Crippen LogP contribution < -0.4 is 5.32 Å². The summed E-state index contributed by atoms with van der Waals surface area (Å²) in [6.45, 7) is 10.7. The van der Waals surface area contributed by atoms with Gasteiger partial charge >= 0.3 is 0 Å². The van der Waals surface area contributed by atoms with E-state index in [2.05, 4.69) is 48.5 Å². The predicted molar refractivity (Wildman–Crippen MR) is 84.8 cm³/mol. The third kappa shape index (κ3) is 4.04. The molecule has 2 rings (SSSR count). The zero-order valence-electron chi connectivity index (χ0n) is 12.6. The van der Waals surface area contributed by atoms with Crippen LogP contribution in [-0.2, 0) is 0 Å². The molecule has 0 bridgehead atoms. The molecule has 0 spiro atoms. The Bertz CT molecular complexity index is 342. The Hall–Kier alpha value is -0.380. The third-order valence-corrected chi connectivity index (χ3v) is 5.23. The molecule has 1 aliphatic rings. The molecule has 1 fully saturated rings. The van der Waals surface area contributed by atoms with Crippen molar-refractivity contribution in [2.24, 2.45) is 5.92 Å². The van der Waals surface area contributed by atoms with Crippen molar-refractivity contribution >= 4 is 11.3 Å². The summed E-state index contributed by atoms with van der Waals surface area (Å²) in [4.78, 5) is 4.16. The summed E-state index contributed by atoms with van der Waals surface area (Å²) in [6.07, 6.45) is 3.93. The van der Waals surface area contributed by atoms with Crippen LogP contribution in [0.15, 0.2) is 17.5 Å². The summed E-state index contributed by atoms with van der Waals surface area (Å²) < 4.78 is 0. The van der Waals surface area contributed by atoms with Crippen molar-refractivity contribution in [3.05, 3.63) is 22.4 Å². The average molecular weight is 280 g/mol. The zero-order valence-corrected chi connectivity index (χ0v) is 13.4. The lowest BCUT2D eigenvalue weighted by molar-refractivity contribution is 0.182. The highest BCUT2D eigenvalue weighted by atomic mass is 32.1. The van der Waals surface area contributed by atoms with Gasteiger partial charge in [0.05, 0.1) is 0 Å². The maximum absolute atomic E-state index is 3.80. The SMILES string of the molecule is CCC(NCC(C(C)C)N1CCCC1)c1cccs1. The second-order valence-electron chi connectivity index (χ2n) is 5.94. The van der Waals surface area contributed by atoms with E-state index >= 15 is 0 Å². The lowest BCUT2D eigenvalue weighted by Crippen LogP contribution is -2.44. The van der Waals surface area contributed by atoms with Gasteiger partial charge in [-0.1, -0.05) is 26.8 Å². The van der Waals surface area contributed by atoms with Crippen molar-refractivity contribution < 1.29 is 0 Å². The van der Waals surface area contributed by atoms with Crippen molar-refractivity contribution in [1.29, 1.82) is 0 Å². The number of thiophene rings is 1. The van der Waals surface area contributed by atoms with Crippen LogP contribution in [0.4, 0.5) is 0 Å². The van der Waals surface area contributed by atoms with Crippen LogP contribution in [0.1, 0.15) is 51.0 Å². The molecule has 1 saturated heterocycles. The largest absolute Gasteiger partial charge is 0.308 e. The Morgan fingerprint density at radius 1 is 1.32 bits per heavy atom. The van der Waals surface area contributed by atoms with Gasteiger partial charge in [-0.25, -0.2) is 0 Å². The molecule has 1 aromatic rings. The predicted octanol–water partition coefficient (Wildman–Crippen LogP) is 3.91. The molecule has 108 valence electrons. The second kappa shape index (κ2) is 7.41. The van der Waals surface area contributed by atoms with Crippen LogP contribution in [0.2, 0.25) is 0 Å². The van der Waals surface area contributed by atoms with Gasteiger partial charge in [0, 0.05) is 23.5 Å². The number of likely N-dealkylation sites (tertiary alicyclic amines) is 1. The Morgan fingerprint density at radius 3 is 2.58 bits per heavy atom. The molecule has 0 amide bonds. The van der Waals surface area contributed by atoms with Gasteiger partial charge in [-0.05, 0) is 49.7 Å². The molecule has 1 aliphatic heterocycles. The van der Waals surface area contributed by atoms with Crippen molar-refractivity contribution in [3.63, 3.8) is 0 Å². The van der Waals surface area contributed by atoms with E-state index in [1.54, 1.807) is 0 Å². The van der Waals surface area contributed by atoms with Gasteiger partial charge in [0.2, 0.25) is 0 Å². The topological polar surface area (TPSA) is 15.3 Å². The molecule has 1 N–H and O–H groups in total. The van der Waals surface area contributed by atoms with E-state index in [-0.39, 0.29) is 0 Å². The molecule has 0 radical (unpaired) electrons. The lowest BCUT2D eigenvalue weighted by atomic mass is 10.0. The molecule has 3 heteroatoms. The van der Waals surface area contributed by atoms with Gasteiger partial charge in [-0.15, -0.1) is 11.3 Å². The van der Waals surface area contributed by atoms with Crippen LogP contribution in [0.5, 0.6) is 0 Å². The summed E-state index contributed by atoms with van der Waals surface area (Å²) in [5.74, 6) is 0.728. The number of hydrogen-bond donors (Lipinski definition) is 1. The summed E-state index contributed by atoms with van der Waals surface area (Å²) in [6, 6.07) is 5.64. The molecule has 0 aliphatic carbocycles. The summed E-state index contributed by atoms with van der Waals surface area (Å²) in [5, 5.41) is 5.98. The maximum atomic E-state index is 3.80. The van der Waals surface area contributed by atoms with Gasteiger partial charge in [-0.3, -0.25) is 4.90 Å². The van der Waals surface area contributed by atoms with E-state index in [4.69, 9.17) is 0 Å². The average Bonchev–Trinajstić information content (AvgIpc) is 3.06. The highest BCUT2D eigenvalue weighted by molar-refractivity contribution is 7.10. The molecular formula is C16H28N2S. The first-order chi connectivity index (χ1) is 9.22. The van der Waals surface area contributed by atoms with Crippen LogP contribution in [-0.4, -0.2) is 30.6 Å². The Kier molecular flexibility index (Phi) is 5.86. The molecule has 2 nitrogen and oxygen atoms in total. The van der Waals surface area contributed by atoms with Gasteiger partial charge in [-0.2, -0.15) is 0 Å². The van der Waals surface area contributed by atoms with Crippen molar-refractivity contribution in [2.75, 3.05) is 19.6 Å². The zero-order chi connectivity index (χ0) is 13.7. The van der Waals surface area contributed by atoms with Gasteiger partial charge < -0.3 is 5.32 Å². The van der Waals surface area contributed by atoms with E-state index in [0.29, 0.717) is 12.1 Å². The highest BCUT2D eigenvalue weighted by Crippen LogP contribution is 2.23. The second-order valence-corrected chi connectivity index (χ2v) is 6.92. The van der Waals surface area contributed by atoms with Gasteiger partial charge in [0.25, 0.3) is 0 Å². The van der Waals surface area contributed by atoms with E-state index in [1.165, 1.54) is 37.2 Å². The quantitative estimate of drug-likeness (QED) is 0.814. The normalized spacial score (nSPS) is 20.0. The van der Waals surface area contributed by atoms with Crippen molar-refractivity contribution in [1.82, 2.24) is 10.2 Å². The highest BCUT2D eigenvalue weighted by Gasteiger charge is 2.25. The Morgan fingerprint density at radius 2 is 2.05 bits per heavy atom. The molecular weight excluding hydrogens is 252 g/mol. The first-order valence-electron chi connectivity index (χ1n) is 7.73. The van der Waals surface area contributed by atoms with Crippen molar-refractivity contribution in [2.45, 2.75) is 52.1 Å². The summed E-state index contributed by atoms with van der Waals surface area (Å²) in [5.41, 5.74) is 0. The number of nitrogens with zero attached hydrogens (tertiary/aromatic N) is 1. The standard InChI is InChI=1S/C16H28N2S/c1-4-14(16-8-7-11-19-16)17-12-15(13(2)3)18-9-5-6-10-18/h7-8,11,13-15,17H,4-6,9-10,12H2,1-3H3. The van der Waals surface area contributed by atoms with Crippen LogP contribution in [0, 0.1) is 5.92 Å². The first kappa shape index (κ1) is 15.0. The molecule has 0 aromatic carbocycles. The van der Waals surface area contributed by atoms with E-state index in [1.807, 2.05) is 11.3 Å². The summed E-state index contributed by atoms with van der Waals surface area (Å²) in [7, 11) is 0. The fourth-order valence-corrected chi connectivity index (χ4v) is 3.94. The Labute approximate surface area is 122 Å². The van der Waals surface area contributed by atoms with Crippen LogP contribution in [0.3, 0.4) is 0 Å². The number of rotatable bonds is 7. The Balaban J connectivity index is 1.90. The monoisotopic (exact) mass is 280 g/mol. The molecule has 2 atom stereocenters. The minimum atomic E-state index is 0.531. The van der Waals surface area contributed by atoms with Crippen LogP contribution in [0.25, 0.3) is 0 Å². The molecule has 2 heterocycles. The van der Waals surface area contributed by atoms with E-state index in [9.17, 15) is 0 Å². The number of nitrogens with one attached hydrogen (secondary N) is 1. The minimum absolute atomic E-state index is 0.531. The summed E-state index contributed by atoms with van der Waals surface area (Å²) >= 11 is 1.87. The molecule has 1 aromatic heterocycles. The molecule has 2 unspecified atom stereocenters. The van der Waals surface area contributed by atoms with Crippen LogP contribution >= 0.6 is 11.3 Å². The first-order valence-corrected chi connectivity index (χ1v) is 8.61. The van der Waals surface area contributed by atoms with Crippen molar-refractivity contribution in [3.8, 4) is 0 Å². The third-order valence-electron chi connectivity index (χ3n) is 4.25. The maximum Gasteiger partial charge on any atom is 0.0412 e. The minimum Gasteiger partial charge on any atom is -0.308 e. The van der Waals surface area contributed by atoms with E-state index < -0.39 is 0 Å². The molecule has 19 heavy (non-hydrogen) atoms.